The van der Waals surface area contributed by atoms with E-state index < -0.39 is 171 Å². The highest BCUT2D eigenvalue weighted by Crippen LogP contribution is 2.55. The predicted octanol–water partition coefficient (Wildman–Crippen LogP) is 13.8. The summed E-state index contributed by atoms with van der Waals surface area (Å²) in [5, 5.41) is 3.49. The summed E-state index contributed by atoms with van der Waals surface area (Å²) in [6, 6.07) is 9.53. The summed E-state index contributed by atoms with van der Waals surface area (Å²) in [5.74, 6) is -1.67. The van der Waals surface area contributed by atoms with E-state index in [1.54, 1.807) is 12.1 Å². The van der Waals surface area contributed by atoms with Crippen molar-refractivity contribution in [2.24, 2.45) is 0 Å². The Morgan fingerprint density at radius 3 is 2.00 bits per heavy atom. The fraction of sp³-hybridized carbons (Fsp3) is 0.0189. The van der Waals surface area contributed by atoms with Gasteiger partial charge in [-0.1, -0.05) is 169 Å². The summed E-state index contributed by atoms with van der Waals surface area (Å²) < 4.78 is 192. The topological polar surface area (TPSA) is 14.2 Å². The van der Waals surface area contributed by atoms with E-state index in [0.29, 0.717) is 0 Å². The third-order valence-corrected chi connectivity index (χ3v) is 10.0. The van der Waals surface area contributed by atoms with Crippen molar-refractivity contribution in [1.82, 2.24) is 4.57 Å². The van der Waals surface area contributed by atoms with Gasteiger partial charge in [-0.2, -0.15) is 0 Å². The van der Waals surface area contributed by atoms with Crippen molar-refractivity contribution in [3.8, 4) is 39.4 Å². The molecule has 55 heavy (non-hydrogen) atoms. The van der Waals surface area contributed by atoms with E-state index >= 15 is 0 Å². The Labute approximate surface area is 348 Å². The molecule has 11 rings (SSSR count). The van der Waals surface area contributed by atoms with Crippen LogP contribution in [0.5, 0.6) is 11.5 Å². The van der Waals surface area contributed by atoms with Crippen molar-refractivity contribution in [2.75, 3.05) is 0 Å². The van der Waals surface area contributed by atoms with E-state index in [4.69, 9.17) is 17.1 Å². The lowest BCUT2D eigenvalue weighted by atomic mass is 9.63. The van der Waals surface area contributed by atoms with Gasteiger partial charge in [-0.05, 0) is 81.2 Å². The summed E-state index contributed by atoms with van der Waals surface area (Å²) in [7, 11) is 0. The molecule has 0 saturated carbocycles. The van der Waals surface area contributed by atoms with E-state index in [1.807, 2.05) is 72.8 Å². The summed E-state index contributed by atoms with van der Waals surface area (Å²) in [5.41, 5.74) is -5.09. The van der Waals surface area contributed by atoms with Crippen LogP contribution >= 0.6 is 0 Å². The van der Waals surface area contributed by atoms with Crippen LogP contribution in [0.25, 0.3) is 60.5 Å². The molecule has 9 aromatic carbocycles. The number of aromatic nitrogens is 1. The quantitative estimate of drug-likeness (QED) is 0.173. The fourth-order valence-electron chi connectivity index (χ4n) is 7.66. The summed E-state index contributed by atoms with van der Waals surface area (Å²) in [6.45, 7) is 0. The van der Waals surface area contributed by atoms with E-state index in [0.717, 1.165) is 44.3 Å². The maximum atomic E-state index is 10.2. The van der Waals surface area contributed by atoms with Crippen LogP contribution in [0, 0.1) is 0 Å². The number of fused-ring (bicyclic) bond motifs is 7. The fourth-order valence-corrected chi connectivity index (χ4v) is 7.66. The SMILES string of the molecule is [2H]c1cc(C2(c3c([2H])c([2H])c([2H])c([2H])c3[2H])c3c([2H])c([2H])c([2H])c([2H])c3Oc3c([2H])c([2H])c(-c4c([2H])c([2H])c(-c5ccc6c(c5)c5ccc7ccccc7c5n6-c5ccccc5)c([2H])c4[2H])c([2H])c32)c([2H])c([2H])c1[2H]. The van der Waals surface area contributed by atoms with Crippen LogP contribution in [0.4, 0.5) is 0 Å². The smallest absolute Gasteiger partial charge is 0.132 e. The highest BCUT2D eigenvalue weighted by Gasteiger charge is 2.45. The molecule has 0 fully saturated rings. The van der Waals surface area contributed by atoms with E-state index in [1.165, 1.54) is 0 Å². The highest BCUT2D eigenvalue weighted by molar-refractivity contribution is 6.19. The summed E-state index contributed by atoms with van der Waals surface area (Å²) in [6.07, 6.45) is 0. The van der Waals surface area contributed by atoms with Gasteiger partial charge in [0.1, 0.15) is 11.5 Å². The summed E-state index contributed by atoms with van der Waals surface area (Å²) in [4.78, 5) is 0. The normalized spacial score (nSPS) is 19.9. The van der Waals surface area contributed by atoms with Crippen molar-refractivity contribution in [2.45, 2.75) is 5.41 Å². The number of benzene rings is 9. The minimum absolute atomic E-state index is 0.166. The molecule has 2 heterocycles. The first-order chi connectivity index (χ1) is 35.6. The Bertz CT molecular complexity index is 4140. The van der Waals surface area contributed by atoms with Crippen LogP contribution in [-0.2, 0) is 5.41 Å². The standard InChI is InChI=1S/C53H35NO/c1-4-15-41(16-5-1)53(42-17-6-2-7-18-42)47-22-12-13-23-50(47)55-51-33-30-40(35-48(51)53)37-26-24-36(25-27-37)39-29-32-49-46(34-39)45-31-28-38-14-10-11-21-44(38)52(45)54(49)43-19-8-3-9-20-43/h1-35H/i1D,2D,4D,5D,6D,7D,12D,13D,15D,16D,17D,22D,23D,24D,25D,26D,27D,30D,33D,35D. The Balaban J connectivity index is 1.26. The van der Waals surface area contributed by atoms with Crippen molar-refractivity contribution < 1.29 is 32.2 Å². The van der Waals surface area contributed by atoms with Crippen LogP contribution in [0.15, 0.2) is 212 Å². The third kappa shape index (κ3) is 4.82. The monoisotopic (exact) mass is 721 g/mol. The van der Waals surface area contributed by atoms with Gasteiger partial charge >= 0.3 is 0 Å². The minimum atomic E-state index is -3.05. The van der Waals surface area contributed by atoms with Crippen molar-refractivity contribution in [3.63, 3.8) is 0 Å². The average Bonchev–Trinajstić information content (AvgIpc) is 3.81. The van der Waals surface area contributed by atoms with Gasteiger partial charge in [-0.3, -0.25) is 0 Å². The maximum absolute atomic E-state index is 10.2. The molecule has 1 unspecified atom stereocenters. The molecule has 0 N–H and O–H groups in total. The second kappa shape index (κ2) is 12.5. The molecule has 1 aliphatic heterocycles. The van der Waals surface area contributed by atoms with E-state index in [9.17, 15) is 15.1 Å². The third-order valence-electron chi connectivity index (χ3n) is 10.0. The number of hydrogen-bond donors (Lipinski definition) is 0. The number of nitrogens with zero attached hydrogens (tertiary/aromatic N) is 1. The van der Waals surface area contributed by atoms with Crippen molar-refractivity contribution in [1.29, 1.82) is 0 Å². The Morgan fingerprint density at radius 1 is 0.455 bits per heavy atom. The average molecular weight is 722 g/mol. The molecule has 10 aromatic rings. The van der Waals surface area contributed by atoms with Gasteiger partial charge in [-0.25, -0.2) is 0 Å². The first-order valence-corrected chi connectivity index (χ1v) is 17.3. The first kappa shape index (κ1) is 17.3. The van der Waals surface area contributed by atoms with Crippen LogP contribution in [-0.4, -0.2) is 4.57 Å². The molecule has 2 nitrogen and oxygen atoms in total. The lowest BCUT2D eigenvalue weighted by molar-refractivity contribution is 0.434. The molecule has 1 aromatic heterocycles. The van der Waals surface area contributed by atoms with Gasteiger partial charge < -0.3 is 9.30 Å². The number of hydrogen-bond acceptors (Lipinski definition) is 1. The van der Waals surface area contributed by atoms with Crippen LogP contribution in [0.1, 0.15) is 49.7 Å². The Hall–Kier alpha value is -7.16. The second-order valence-corrected chi connectivity index (χ2v) is 12.9. The molecular weight excluding hydrogens is 667 g/mol. The first-order valence-electron chi connectivity index (χ1n) is 27.3. The predicted molar refractivity (Wildman–Crippen MR) is 228 cm³/mol. The van der Waals surface area contributed by atoms with Crippen LogP contribution < -0.4 is 4.74 Å². The Kier molecular flexibility index (Phi) is 3.93. The van der Waals surface area contributed by atoms with Gasteiger partial charge in [0.2, 0.25) is 0 Å². The van der Waals surface area contributed by atoms with Crippen LogP contribution in [0.3, 0.4) is 0 Å². The van der Waals surface area contributed by atoms with E-state index in [-0.39, 0.29) is 11.1 Å². The molecule has 0 radical (unpaired) electrons. The zero-order valence-corrected chi connectivity index (χ0v) is 28.5. The number of rotatable bonds is 5. The lowest BCUT2D eigenvalue weighted by Gasteiger charge is -2.41. The van der Waals surface area contributed by atoms with Gasteiger partial charge in [-0.15, -0.1) is 0 Å². The molecule has 1 atom stereocenters. The Morgan fingerprint density at radius 2 is 1.15 bits per heavy atom. The maximum Gasteiger partial charge on any atom is 0.132 e. The van der Waals surface area contributed by atoms with Gasteiger partial charge in [0.05, 0.1) is 43.9 Å². The molecule has 258 valence electrons. The second-order valence-electron chi connectivity index (χ2n) is 12.9. The van der Waals surface area contributed by atoms with Gasteiger partial charge in [0.25, 0.3) is 0 Å². The molecule has 0 spiro atoms. The van der Waals surface area contributed by atoms with Crippen LogP contribution in [0.2, 0.25) is 0 Å². The van der Waals surface area contributed by atoms with Gasteiger partial charge in [0.15, 0.2) is 0 Å². The molecular formula is C53H35NO. The molecule has 2 heteroatoms. The zero-order chi connectivity index (χ0) is 53.8. The molecule has 0 amide bonds. The largest absolute Gasteiger partial charge is 0.457 e. The highest BCUT2D eigenvalue weighted by atomic mass is 16.5. The van der Waals surface area contributed by atoms with Gasteiger partial charge in [0, 0.05) is 33.0 Å². The molecule has 0 saturated heterocycles. The van der Waals surface area contributed by atoms with Crippen molar-refractivity contribution >= 4 is 32.6 Å². The molecule has 0 bridgehead atoms. The summed E-state index contributed by atoms with van der Waals surface area (Å²) >= 11 is 0. The zero-order valence-electron chi connectivity index (χ0n) is 48.5. The number of ether oxygens (including phenoxy) is 1. The van der Waals surface area contributed by atoms with E-state index in [2.05, 4.69) is 4.57 Å². The molecule has 1 aliphatic rings. The minimum Gasteiger partial charge on any atom is -0.457 e. The number of para-hydroxylation sites is 2. The lowest BCUT2D eigenvalue weighted by Crippen LogP contribution is -2.34. The molecule has 0 aliphatic carbocycles. The van der Waals surface area contributed by atoms with Crippen molar-refractivity contribution in [3.05, 3.63) is 234 Å².